The fraction of sp³-hybridized carbons (Fsp3) is 0.500. The van der Waals surface area contributed by atoms with Crippen LogP contribution in [0.4, 0.5) is 4.39 Å². The zero-order chi connectivity index (χ0) is 12.3. The number of piperidine rings is 1. The summed E-state index contributed by atoms with van der Waals surface area (Å²) in [5, 5.41) is 3.32. The van der Waals surface area contributed by atoms with Gasteiger partial charge in [-0.15, -0.1) is 0 Å². The molecule has 0 radical (unpaired) electrons. The maximum atomic E-state index is 13.4. The van der Waals surface area contributed by atoms with Gasteiger partial charge in [-0.25, -0.2) is 4.39 Å². The Morgan fingerprint density at radius 2 is 2.24 bits per heavy atom. The fourth-order valence-corrected chi connectivity index (χ4v) is 2.40. The third-order valence-corrected chi connectivity index (χ3v) is 3.40. The molecule has 1 aromatic rings. The third-order valence-electron chi connectivity index (χ3n) is 3.40. The van der Waals surface area contributed by atoms with Crippen molar-refractivity contribution < 1.29 is 9.18 Å². The van der Waals surface area contributed by atoms with Gasteiger partial charge in [0.2, 0.25) is 0 Å². The number of halogens is 1. The standard InChI is InChI=1S/C14H18FNO/c1-10-8-12(6-7-16-10)14(17)9-11-4-2-3-5-13(11)15/h2-5,10,12,16H,6-9H2,1H3/t10-,12?/m1/s1. The van der Waals surface area contributed by atoms with Crippen LogP contribution < -0.4 is 5.32 Å². The molecule has 0 spiro atoms. The van der Waals surface area contributed by atoms with E-state index in [2.05, 4.69) is 12.2 Å². The van der Waals surface area contributed by atoms with Gasteiger partial charge in [0, 0.05) is 18.4 Å². The Hall–Kier alpha value is -1.22. The van der Waals surface area contributed by atoms with Crippen LogP contribution in [0, 0.1) is 11.7 Å². The molecule has 1 fully saturated rings. The van der Waals surface area contributed by atoms with E-state index >= 15 is 0 Å². The minimum atomic E-state index is -0.275. The summed E-state index contributed by atoms with van der Waals surface area (Å²) in [6, 6.07) is 6.91. The summed E-state index contributed by atoms with van der Waals surface area (Å²) in [7, 11) is 0. The molecule has 17 heavy (non-hydrogen) atoms. The minimum Gasteiger partial charge on any atom is -0.314 e. The first-order chi connectivity index (χ1) is 8.16. The maximum Gasteiger partial charge on any atom is 0.140 e. The van der Waals surface area contributed by atoms with E-state index in [0.29, 0.717) is 11.6 Å². The van der Waals surface area contributed by atoms with Crippen molar-refractivity contribution in [2.45, 2.75) is 32.2 Å². The molecule has 2 atom stereocenters. The number of hydrogen-bond donors (Lipinski definition) is 1. The molecule has 0 bridgehead atoms. The molecule has 3 heteroatoms. The molecule has 92 valence electrons. The van der Waals surface area contributed by atoms with E-state index in [1.807, 2.05) is 0 Å². The predicted octanol–water partition coefficient (Wildman–Crippen LogP) is 2.33. The first-order valence-electron chi connectivity index (χ1n) is 6.16. The van der Waals surface area contributed by atoms with Crippen LogP contribution in [-0.2, 0) is 11.2 Å². The van der Waals surface area contributed by atoms with E-state index in [9.17, 15) is 9.18 Å². The molecule has 0 aliphatic carbocycles. The van der Waals surface area contributed by atoms with Crippen LogP contribution in [0.5, 0.6) is 0 Å². The number of Topliss-reactive ketones (excluding diaryl/α,β-unsaturated/α-hetero) is 1. The Balaban J connectivity index is 1.99. The van der Waals surface area contributed by atoms with Gasteiger partial charge in [-0.2, -0.15) is 0 Å². The summed E-state index contributed by atoms with van der Waals surface area (Å²) in [5.74, 6) is -0.0165. The molecule has 2 nitrogen and oxygen atoms in total. The molecule has 1 N–H and O–H groups in total. The highest BCUT2D eigenvalue weighted by Gasteiger charge is 2.24. The zero-order valence-corrected chi connectivity index (χ0v) is 10.1. The van der Waals surface area contributed by atoms with E-state index in [-0.39, 0.29) is 23.9 Å². The molecule has 1 aromatic carbocycles. The van der Waals surface area contributed by atoms with Crippen LogP contribution in [0.25, 0.3) is 0 Å². The molecular formula is C14H18FNO. The van der Waals surface area contributed by atoms with Crippen LogP contribution in [0.15, 0.2) is 24.3 Å². The minimum absolute atomic E-state index is 0.0888. The van der Waals surface area contributed by atoms with Gasteiger partial charge < -0.3 is 5.32 Å². The van der Waals surface area contributed by atoms with Gasteiger partial charge in [-0.3, -0.25) is 4.79 Å². The molecular weight excluding hydrogens is 217 g/mol. The number of rotatable bonds is 3. The second kappa shape index (κ2) is 5.41. The number of benzene rings is 1. The first-order valence-corrected chi connectivity index (χ1v) is 6.16. The Kier molecular flexibility index (Phi) is 3.89. The van der Waals surface area contributed by atoms with Crippen LogP contribution in [0.1, 0.15) is 25.3 Å². The molecule has 1 aliphatic heterocycles. The van der Waals surface area contributed by atoms with Crippen molar-refractivity contribution in [2.24, 2.45) is 5.92 Å². The van der Waals surface area contributed by atoms with Gasteiger partial charge in [0.25, 0.3) is 0 Å². The SMILES string of the molecule is C[C@@H]1CC(C(=O)Cc2ccccc2F)CCN1. The van der Waals surface area contributed by atoms with Crippen molar-refractivity contribution in [3.05, 3.63) is 35.6 Å². The van der Waals surface area contributed by atoms with E-state index in [4.69, 9.17) is 0 Å². The smallest absolute Gasteiger partial charge is 0.140 e. The number of carbonyl (C=O) groups excluding carboxylic acids is 1. The van der Waals surface area contributed by atoms with Crippen molar-refractivity contribution in [3.8, 4) is 0 Å². The highest BCUT2D eigenvalue weighted by molar-refractivity contribution is 5.83. The van der Waals surface area contributed by atoms with Crippen molar-refractivity contribution in [2.75, 3.05) is 6.54 Å². The summed E-state index contributed by atoms with van der Waals surface area (Å²) < 4.78 is 13.4. The highest BCUT2D eigenvalue weighted by atomic mass is 19.1. The number of hydrogen-bond acceptors (Lipinski definition) is 2. The van der Waals surface area contributed by atoms with Crippen LogP contribution >= 0.6 is 0 Å². The van der Waals surface area contributed by atoms with Crippen LogP contribution in [0.2, 0.25) is 0 Å². The van der Waals surface area contributed by atoms with Crippen molar-refractivity contribution in [1.29, 1.82) is 0 Å². The normalized spacial score (nSPS) is 24.6. The predicted molar refractivity (Wildman–Crippen MR) is 65.3 cm³/mol. The number of carbonyl (C=O) groups is 1. The molecule has 1 unspecified atom stereocenters. The lowest BCUT2D eigenvalue weighted by Gasteiger charge is -2.27. The maximum absolute atomic E-state index is 13.4. The summed E-state index contributed by atoms with van der Waals surface area (Å²) in [6.07, 6.45) is 1.97. The molecule has 0 saturated carbocycles. The summed E-state index contributed by atoms with van der Waals surface area (Å²) in [4.78, 5) is 12.1. The topological polar surface area (TPSA) is 29.1 Å². The Labute approximate surface area is 101 Å². The van der Waals surface area contributed by atoms with Crippen molar-refractivity contribution in [1.82, 2.24) is 5.32 Å². The lowest BCUT2D eigenvalue weighted by atomic mass is 9.87. The lowest BCUT2D eigenvalue weighted by Crippen LogP contribution is -2.38. The average molecular weight is 235 g/mol. The van der Waals surface area contributed by atoms with Crippen LogP contribution in [0.3, 0.4) is 0 Å². The van der Waals surface area contributed by atoms with Crippen molar-refractivity contribution in [3.63, 3.8) is 0 Å². The van der Waals surface area contributed by atoms with E-state index < -0.39 is 0 Å². The highest BCUT2D eigenvalue weighted by Crippen LogP contribution is 2.19. The number of ketones is 1. The Morgan fingerprint density at radius 1 is 1.47 bits per heavy atom. The fourth-order valence-electron chi connectivity index (χ4n) is 2.40. The van der Waals surface area contributed by atoms with Gasteiger partial charge in [0.1, 0.15) is 11.6 Å². The lowest BCUT2D eigenvalue weighted by molar-refractivity contribution is -0.123. The molecule has 1 heterocycles. The van der Waals surface area contributed by atoms with Gasteiger partial charge in [0.15, 0.2) is 0 Å². The summed E-state index contributed by atoms with van der Waals surface area (Å²) >= 11 is 0. The average Bonchev–Trinajstić information content (AvgIpc) is 2.32. The monoisotopic (exact) mass is 235 g/mol. The first kappa shape index (κ1) is 12.2. The van der Waals surface area contributed by atoms with E-state index in [1.165, 1.54) is 6.07 Å². The van der Waals surface area contributed by atoms with Gasteiger partial charge in [-0.05, 0) is 37.9 Å². The third kappa shape index (κ3) is 3.13. The van der Waals surface area contributed by atoms with Gasteiger partial charge in [0.05, 0.1) is 0 Å². The summed E-state index contributed by atoms with van der Waals surface area (Å²) in [6.45, 7) is 2.97. The summed E-state index contributed by atoms with van der Waals surface area (Å²) in [5.41, 5.74) is 0.517. The van der Waals surface area contributed by atoms with Crippen molar-refractivity contribution >= 4 is 5.78 Å². The Morgan fingerprint density at radius 3 is 2.94 bits per heavy atom. The number of nitrogens with one attached hydrogen (secondary N) is 1. The quantitative estimate of drug-likeness (QED) is 0.871. The second-order valence-corrected chi connectivity index (χ2v) is 4.81. The largest absolute Gasteiger partial charge is 0.314 e. The van der Waals surface area contributed by atoms with Gasteiger partial charge >= 0.3 is 0 Å². The van der Waals surface area contributed by atoms with E-state index in [1.54, 1.807) is 18.2 Å². The van der Waals surface area contributed by atoms with E-state index in [0.717, 1.165) is 19.4 Å². The second-order valence-electron chi connectivity index (χ2n) is 4.81. The molecule has 0 aromatic heterocycles. The molecule has 1 saturated heterocycles. The molecule has 2 rings (SSSR count). The van der Waals surface area contributed by atoms with Gasteiger partial charge in [-0.1, -0.05) is 18.2 Å². The molecule has 0 amide bonds. The molecule has 1 aliphatic rings. The zero-order valence-electron chi connectivity index (χ0n) is 10.1. The van der Waals surface area contributed by atoms with Crippen LogP contribution in [-0.4, -0.2) is 18.4 Å². The Bertz CT molecular complexity index is 405.